The fourth-order valence-electron chi connectivity index (χ4n) is 2.30. The molecule has 1 heterocycles. The fraction of sp³-hybridized carbons (Fsp3) is 0.278. The number of carboxylic acids is 1. The lowest BCUT2D eigenvalue weighted by atomic mass is 10.0. The first kappa shape index (κ1) is 18.8. The van der Waals surface area contributed by atoms with Crippen LogP contribution in [-0.2, 0) is 11.3 Å². The summed E-state index contributed by atoms with van der Waals surface area (Å²) in [6.45, 7) is 4.63. The van der Waals surface area contributed by atoms with Gasteiger partial charge >= 0.3 is 12.1 Å². The SMILES string of the molecule is Cc1ccc(-c2cccc3c2OCCNC3)cc1.O=C(O)C(F)(F)F. The molecule has 3 rings (SSSR count). The maximum atomic E-state index is 10.6. The number of fused-ring (bicyclic) bond motifs is 1. The van der Waals surface area contributed by atoms with Crippen LogP contribution >= 0.6 is 0 Å². The lowest BCUT2D eigenvalue weighted by molar-refractivity contribution is -0.192. The lowest BCUT2D eigenvalue weighted by Gasteiger charge is -2.12. The Bertz CT molecular complexity index is 727. The molecule has 0 spiro atoms. The molecule has 7 heteroatoms. The van der Waals surface area contributed by atoms with Crippen LogP contribution in [0.5, 0.6) is 5.75 Å². The molecule has 0 bridgehead atoms. The van der Waals surface area contributed by atoms with Gasteiger partial charge in [-0.1, -0.05) is 48.0 Å². The average molecular weight is 353 g/mol. The summed E-state index contributed by atoms with van der Waals surface area (Å²) in [4.78, 5) is 8.90. The van der Waals surface area contributed by atoms with Gasteiger partial charge in [-0.15, -0.1) is 0 Å². The molecule has 0 atom stereocenters. The van der Waals surface area contributed by atoms with Gasteiger partial charge in [0.25, 0.3) is 0 Å². The van der Waals surface area contributed by atoms with Gasteiger partial charge in [-0.25, -0.2) is 4.79 Å². The van der Waals surface area contributed by atoms with E-state index in [2.05, 4.69) is 54.7 Å². The molecular weight excluding hydrogens is 335 g/mol. The van der Waals surface area contributed by atoms with E-state index in [-0.39, 0.29) is 0 Å². The van der Waals surface area contributed by atoms with Crippen molar-refractivity contribution in [2.45, 2.75) is 19.6 Å². The summed E-state index contributed by atoms with van der Waals surface area (Å²) in [6, 6.07) is 15.0. The second-order valence-electron chi connectivity index (χ2n) is 5.49. The van der Waals surface area contributed by atoms with Crippen molar-refractivity contribution >= 4 is 5.97 Å². The summed E-state index contributed by atoms with van der Waals surface area (Å²) in [5.74, 6) is -1.72. The molecule has 1 aliphatic heterocycles. The van der Waals surface area contributed by atoms with Crippen molar-refractivity contribution in [3.8, 4) is 16.9 Å². The van der Waals surface area contributed by atoms with E-state index in [0.29, 0.717) is 0 Å². The fourth-order valence-corrected chi connectivity index (χ4v) is 2.30. The topological polar surface area (TPSA) is 58.6 Å². The molecule has 0 fully saturated rings. The van der Waals surface area contributed by atoms with Gasteiger partial charge in [0, 0.05) is 24.2 Å². The van der Waals surface area contributed by atoms with Gasteiger partial charge in [0.2, 0.25) is 0 Å². The van der Waals surface area contributed by atoms with Gasteiger partial charge in [0.1, 0.15) is 12.4 Å². The minimum Gasteiger partial charge on any atom is -0.491 e. The number of rotatable bonds is 1. The first-order valence-electron chi connectivity index (χ1n) is 7.61. The molecule has 0 radical (unpaired) electrons. The van der Waals surface area contributed by atoms with Gasteiger partial charge in [-0.3, -0.25) is 0 Å². The van der Waals surface area contributed by atoms with Crippen molar-refractivity contribution in [1.82, 2.24) is 5.32 Å². The Morgan fingerprint density at radius 3 is 2.40 bits per heavy atom. The van der Waals surface area contributed by atoms with E-state index >= 15 is 0 Å². The highest BCUT2D eigenvalue weighted by Gasteiger charge is 2.38. The van der Waals surface area contributed by atoms with E-state index in [4.69, 9.17) is 14.6 Å². The number of halogens is 3. The number of hydrogen-bond donors (Lipinski definition) is 2. The van der Waals surface area contributed by atoms with Crippen LogP contribution in [0.3, 0.4) is 0 Å². The van der Waals surface area contributed by atoms with Crippen LogP contribution in [0.4, 0.5) is 13.2 Å². The van der Waals surface area contributed by atoms with Gasteiger partial charge in [-0.05, 0) is 12.5 Å². The Morgan fingerprint density at radius 1 is 1.16 bits per heavy atom. The number of carboxylic acid groups (broad SMARTS) is 1. The normalized spacial score (nSPS) is 13.6. The molecule has 1 aliphatic rings. The van der Waals surface area contributed by atoms with Gasteiger partial charge in [0.15, 0.2) is 0 Å². The first-order valence-corrected chi connectivity index (χ1v) is 7.61. The molecule has 0 aliphatic carbocycles. The third-order valence-corrected chi connectivity index (χ3v) is 3.54. The minimum absolute atomic E-state index is 0.732. The molecule has 4 nitrogen and oxygen atoms in total. The van der Waals surface area contributed by atoms with E-state index in [9.17, 15) is 13.2 Å². The van der Waals surface area contributed by atoms with Crippen LogP contribution in [-0.4, -0.2) is 30.4 Å². The van der Waals surface area contributed by atoms with E-state index in [1.807, 2.05) is 0 Å². The number of ether oxygens (including phenoxy) is 1. The summed E-state index contributed by atoms with van der Waals surface area (Å²) < 4.78 is 37.6. The molecule has 0 saturated carbocycles. The zero-order chi connectivity index (χ0) is 18.4. The largest absolute Gasteiger partial charge is 0.491 e. The van der Waals surface area contributed by atoms with E-state index in [0.717, 1.165) is 25.4 Å². The van der Waals surface area contributed by atoms with Gasteiger partial charge in [0.05, 0.1) is 0 Å². The number of para-hydroxylation sites is 1. The van der Waals surface area contributed by atoms with Crippen LogP contribution in [0.1, 0.15) is 11.1 Å². The molecule has 25 heavy (non-hydrogen) atoms. The van der Waals surface area contributed by atoms with Crippen LogP contribution in [0, 0.1) is 6.92 Å². The van der Waals surface area contributed by atoms with Crippen molar-refractivity contribution in [1.29, 1.82) is 0 Å². The van der Waals surface area contributed by atoms with Gasteiger partial charge < -0.3 is 15.2 Å². The Morgan fingerprint density at radius 2 is 1.80 bits per heavy atom. The molecule has 2 aromatic rings. The quantitative estimate of drug-likeness (QED) is 0.819. The second kappa shape index (κ2) is 8.02. The molecule has 0 unspecified atom stereocenters. The number of nitrogens with one attached hydrogen (secondary N) is 1. The number of hydrogen-bond acceptors (Lipinski definition) is 3. The number of benzene rings is 2. The third-order valence-electron chi connectivity index (χ3n) is 3.54. The standard InChI is InChI=1S/C16H17NO.C2HF3O2/c1-12-5-7-13(8-6-12)15-4-2-3-14-11-17-9-10-18-16(14)15;3-2(4,5)1(6)7/h2-8,17H,9-11H2,1H3;(H,6,7). The van der Waals surface area contributed by atoms with Crippen molar-refractivity contribution in [2.75, 3.05) is 13.2 Å². The summed E-state index contributed by atoms with van der Waals surface area (Å²) in [6.07, 6.45) is -5.08. The highest BCUT2D eigenvalue weighted by Crippen LogP contribution is 2.34. The molecule has 0 amide bonds. The third kappa shape index (κ3) is 5.22. The van der Waals surface area contributed by atoms with E-state index < -0.39 is 12.1 Å². The van der Waals surface area contributed by atoms with Gasteiger partial charge in [-0.2, -0.15) is 13.2 Å². The maximum Gasteiger partial charge on any atom is 0.490 e. The average Bonchev–Trinajstić information content (AvgIpc) is 2.80. The Hall–Kier alpha value is -2.54. The highest BCUT2D eigenvalue weighted by molar-refractivity contribution is 5.73. The first-order chi connectivity index (χ1) is 11.8. The predicted octanol–water partition coefficient (Wildman–Crippen LogP) is 3.78. The van der Waals surface area contributed by atoms with Crippen LogP contribution < -0.4 is 10.1 Å². The van der Waals surface area contributed by atoms with Crippen molar-refractivity contribution in [3.63, 3.8) is 0 Å². The van der Waals surface area contributed by atoms with Crippen molar-refractivity contribution < 1.29 is 27.8 Å². The molecule has 0 aromatic heterocycles. The zero-order valence-electron chi connectivity index (χ0n) is 13.6. The van der Waals surface area contributed by atoms with Crippen LogP contribution in [0.2, 0.25) is 0 Å². The highest BCUT2D eigenvalue weighted by atomic mass is 19.4. The molecule has 2 N–H and O–H groups in total. The second-order valence-corrected chi connectivity index (χ2v) is 5.49. The Kier molecular flexibility index (Phi) is 6.03. The zero-order valence-corrected chi connectivity index (χ0v) is 13.6. The predicted molar refractivity (Wildman–Crippen MR) is 87.5 cm³/mol. The number of carbonyl (C=O) groups is 1. The molecule has 134 valence electrons. The van der Waals surface area contributed by atoms with E-state index in [1.165, 1.54) is 22.3 Å². The monoisotopic (exact) mass is 353 g/mol. The summed E-state index contributed by atoms with van der Waals surface area (Å²) in [5.41, 5.74) is 4.93. The molecule has 2 aromatic carbocycles. The summed E-state index contributed by atoms with van der Waals surface area (Å²) >= 11 is 0. The van der Waals surface area contributed by atoms with Crippen LogP contribution in [0.25, 0.3) is 11.1 Å². The number of alkyl halides is 3. The number of aliphatic carboxylic acids is 1. The van der Waals surface area contributed by atoms with E-state index in [1.54, 1.807) is 0 Å². The number of aryl methyl sites for hydroxylation is 1. The lowest BCUT2D eigenvalue weighted by Crippen LogP contribution is -2.21. The van der Waals surface area contributed by atoms with Crippen molar-refractivity contribution in [2.24, 2.45) is 0 Å². The Balaban J connectivity index is 0.000000277. The molecular formula is C18H18F3NO3. The smallest absolute Gasteiger partial charge is 0.490 e. The summed E-state index contributed by atoms with van der Waals surface area (Å²) in [5, 5.41) is 10.5. The van der Waals surface area contributed by atoms with Crippen molar-refractivity contribution in [3.05, 3.63) is 53.6 Å². The van der Waals surface area contributed by atoms with Crippen LogP contribution in [0.15, 0.2) is 42.5 Å². The minimum atomic E-state index is -5.08. The Labute approximate surface area is 143 Å². The maximum absolute atomic E-state index is 10.6. The molecule has 0 saturated heterocycles. The summed E-state index contributed by atoms with van der Waals surface area (Å²) in [7, 11) is 0.